The number of nitrogens with zero attached hydrogens (tertiary/aromatic N) is 6. The summed E-state index contributed by atoms with van der Waals surface area (Å²) < 4.78 is 1.91. The first-order valence-corrected chi connectivity index (χ1v) is 11.2. The highest BCUT2D eigenvalue weighted by molar-refractivity contribution is 6.31. The van der Waals surface area contributed by atoms with Crippen LogP contribution in [0.25, 0.3) is 0 Å². The Morgan fingerprint density at radius 2 is 1.66 bits per heavy atom. The second kappa shape index (κ2) is 10.5. The van der Waals surface area contributed by atoms with Gasteiger partial charge < -0.3 is 0 Å². The summed E-state index contributed by atoms with van der Waals surface area (Å²) in [5, 5.41) is 13.6. The monoisotopic (exact) mass is 446 g/mol. The van der Waals surface area contributed by atoms with E-state index >= 15 is 0 Å². The largest absolute Gasteiger partial charge is 0.284 e. The smallest absolute Gasteiger partial charge is 0.169 e. The lowest BCUT2D eigenvalue weighted by atomic mass is 9.99. The second-order valence-corrected chi connectivity index (χ2v) is 8.63. The lowest BCUT2D eigenvalue weighted by molar-refractivity contribution is 0.126. The molecule has 2 heterocycles. The van der Waals surface area contributed by atoms with Crippen LogP contribution in [0.1, 0.15) is 42.4 Å². The molecule has 4 rings (SSSR count). The molecule has 2 aromatic carbocycles. The van der Waals surface area contributed by atoms with Crippen LogP contribution in [0.3, 0.4) is 0 Å². The molecule has 32 heavy (non-hydrogen) atoms. The Labute approximate surface area is 193 Å². The van der Waals surface area contributed by atoms with Gasteiger partial charge in [-0.15, -0.1) is 5.10 Å². The molecule has 6 nitrogen and oxygen atoms in total. The summed E-state index contributed by atoms with van der Waals surface area (Å²) in [5.41, 5.74) is 3.37. The van der Waals surface area contributed by atoms with Crippen LogP contribution in [-0.2, 0) is 19.6 Å². The molecule has 0 saturated carbocycles. The van der Waals surface area contributed by atoms with E-state index < -0.39 is 0 Å². The van der Waals surface area contributed by atoms with Crippen molar-refractivity contribution in [2.45, 2.75) is 39.5 Å². The number of pyridine rings is 1. The predicted molar refractivity (Wildman–Crippen MR) is 126 cm³/mol. The SMILES string of the molecule is CC(C)C(c1nnnn1Cc1ccccc1)N(Cc1cccnc1)Cc1ccccc1Cl. The molecule has 7 heteroatoms. The fourth-order valence-corrected chi connectivity index (χ4v) is 4.20. The second-order valence-electron chi connectivity index (χ2n) is 8.23. The van der Waals surface area contributed by atoms with Gasteiger partial charge in [0.05, 0.1) is 12.6 Å². The fraction of sp³-hybridized carbons (Fsp3) is 0.280. The first-order valence-electron chi connectivity index (χ1n) is 10.8. The van der Waals surface area contributed by atoms with E-state index in [1.807, 2.05) is 53.3 Å². The molecule has 0 aliphatic rings. The van der Waals surface area contributed by atoms with Gasteiger partial charge in [-0.3, -0.25) is 9.88 Å². The number of aromatic nitrogens is 5. The molecular formula is C25H27ClN6. The third-order valence-corrected chi connectivity index (χ3v) is 5.83. The van der Waals surface area contributed by atoms with Crippen LogP contribution in [0, 0.1) is 5.92 Å². The Bertz CT molecular complexity index is 1110. The van der Waals surface area contributed by atoms with Gasteiger partial charge in [-0.2, -0.15) is 0 Å². The summed E-state index contributed by atoms with van der Waals surface area (Å²) in [6.07, 6.45) is 3.70. The third-order valence-electron chi connectivity index (χ3n) is 5.46. The summed E-state index contributed by atoms with van der Waals surface area (Å²) in [6, 6.07) is 22.3. The van der Waals surface area contributed by atoms with Crippen LogP contribution >= 0.6 is 11.6 Å². The van der Waals surface area contributed by atoms with Gasteiger partial charge >= 0.3 is 0 Å². The van der Waals surface area contributed by atoms with Gasteiger partial charge in [-0.25, -0.2) is 4.68 Å². The number of hydrogen-bond donors (Lipinski definition) is 0. The Balaban J connectivity index is 1.70. The highest BCUT2D eigenvalue weighted by Gasteiger charge is 2.30. The molecule has 0 spiro atoms. The third kappa shape index (κ3) is 5.39. The molecule has 0 bridgehead atoms. The van der Waals surface area contributed by atoms with Gasteiger partial charge in [-0.05, 0) is 45.2 Å². The maximum absolute atomic E-state index is 6.53. The van der Waals surface area contributed by atoms with Gasteiger partial charge in [0.25, 0.3) is 0 Å². The average molecular weight is 447 g/mol. The predicted octanol–water partition coefficient (Wildman–Crippen LogP) is 5.17. The minimum absolute atomic E-state index is 0.00908. The minimum atomic E-state index is -0.00908. The summed E-state index contributed by atoms with van der Waals surface area (Å²) in [4.78, 5) is 6.69. The standard InChI is InChI=1S/C25H27ClN6/c1-19(2)24(25-28-29-30-32(25)17-20-9-4-3-5-10-20)31(16-21-11-8-14-27-15-21)18-22-12-6-7-13-23(22)26/h3-15,19,24H,16-18H2,1-2H3. The molecule has 164 valence electrons. The lowest BCUT2D eigenvalue weighted by Crippen LogP contribution is -2.34. The highest BCUT2D eigenvalue weighted by Crippen LogP contribution is 2.31. The van der Waals surface area contributed by atoms with Crippen molar-refractivity contribution in [3.8, 4) is 0 Å². The summed E-state index contributed by atoms with van der Waals surface area (Å²) in [7, 11) is 0. The zero-order valence-corrected chi connectivity index (χ0v) is 19.1. The van der Waals surface area contributed by atoms with E-state index in [2.05, 4.69) is 63.5 Å². The summed E-state index contributed by atoms with van der Waals surface area (Å²) in [5.74, 6) is 1.12. The molecule has 0 aliphatic heterocycles. The van der Waals surface area contributed by atoms with E-state index in [9.17, 15) is 0 Å². The normalized spacial score (nSPS) is 12.4. The molecule has 0 amide bonds. The molecule has 1 atom stereocenters. The first kappa shape index (κ1) is 22.1. The molecule has 2 aromatic heterocycles. The van der Waals surface area contributed by atoms with Gasteiger partial charge in [0, 0.05) is 30.5 Å². The van der Waals surface area contributed by atoms with Crippen LogP contribution < -0.4 is 0 Å². The van der Waals surface area contributed by atoms with E-state index in [1.54, 1.807) is 6.20 Å². The van der Waals surface area contributed by atoms with Crippen molar-refractivity contribution >= 4 is 11.6 Å². The maximum atomic E-state index is 6.53. The average Bonchev–Trinajstić information content (AvgIpc) is 3.24. The zero-order valence-electron chi connectivity index (χ0n) is 18.3. The molecule has 0 fully saturated rings. The van der Waals surface area contributed by atoms with Crippen LogP contribution in [0.4, 0.5) is 0 Å². The van der Waals surface area contributed by atoms with Crippen LogP contribution in [0.5, 0.6) is 0 Å². The van der Waals surface area contributed by atoms with Gasteiger partial charge in [-0.1, -0.05) is 80.0 Å². The summed E-state index contributed by atoms with van der Waals surface area (Å²) >= 11 is 6.53. The van der Waals surface area contributed by atoms with Crippen molar-refractivity contribution in [3.05, 3.63) is 107 Å². The van der Waals surface area contributed by atoms with E-state index in [0.717, 1.165) is 27.5 Å². The Morgan fingerprint density at radius 3 is 2.38 bits per heavy atom. The summed E-state index contributed by atoms with van der Waals surface area (Å²) in [6.45, 7) is 6.42. The van der Waals surface area contributed by atoms with Crippen molar-refractivity contribution in [1.82, 2.24) is 30.1 Å². The molecule has 0 aliphatic carbocycles. The number of hydrogen-bond acceptors (Lipinski definition) is 5. The molecule has 0 N–H and O–H groups in total. The zero-order chi connectivity index (χ0) is 22.3. The van der Waals surface area contributed by atoms with E-state index in [4.69, 9.17) is 11.6 Å². The van der Waals surface area contributed by atoms with Crippen LogP contribution in [0.2, 0.25) is 5.02 Å². The fourth-order valence-electron chi connectivity index (χ4n) is 4.00. The number of benzene rings is 2. The first-order chi connectivity index (χ1) is 15.6. The van der Waals surface area contributed by atoms with Crippen molar-refractivity contribution in [3.63, 3.8) is 0 Å². The number of tetrazole rings is 1. The van der Waals surface area contributed by atoms with E-state index in [0.29, 0.717) is 19.6 Å². The molecular weight excluding hydrogens is 420 g/mol. The van der Waals surface area contributed by atoms with Gasteiger partial charge in [0.2, 0.25) is 0 Å². The van der Waals surface area contributed by atoms with Crippen LogP contribution in [0.15, 0.2) is 79.1 Å². The highest BCUT2D eigenvalue weighted by atomic mass is 35.5. The quantitative estimate of drug-likeness (QED) is 0.355. The van der Waals surface area contributed by atoms with Crippen molar-refractivity contribution in [1.29, 1.82) is 0 Å². The van der Waals surface area contributed by atoms with Gasteiger partial charge in [0.1, 0.15) is 0 Å². The molecule has 0 radical (unpaired) electrons. The topological polar surface area (TPSA) is 59.7 Å². The van der Waals surface area contributed by atoms with E-state index in [-0.39, 0.29) is 12.0 Å². The Morgan fingerprint density at radius 1 is 0.906 bits per heavy atom. The maximum Gasteiger partial charge on any atom is 0.169 e. The van der Waals surface area contributed by atoms with E-state index in [1.165, 1.54) is 0 Å². The number of rotatable bonds is 9. The van der Waals surface area contributed by atoms with Crippen molar-refractivity contribution < 1.29 is 0 Å². The Hall–Kier alpha value is -3.09. The minimum Gasteiger partial charge on any atom is -0.284 e. The van der Waals surface area contributed by atoms with Crippen LogP contribution in [-0.4, -0.2) is 30.1 Å². The molecule has 1 unspecified atom stereocenters. The lowest BCUT2D eigenvalue weighted by Gasteiger charge is -2.34. The van der Waals surface area contributed by atoms with Crippen molar-refractivity contribution in [2.75, 3.05) is 0 Å². The van der Waals surface area contributed by atoms with Gasteiger partial charge in [0.15, 0.2) is 5.82 Å². The molecule has 4 aromatic rings. The Kier molecular flexibility index (Phi) is 7.24. The van der Waals surface area contributed by atoms with Crippen molar-refractivity contribution in [2.24, 2.45) is 5.92 Å². The number of halogens is 1. The molecule has 0 saturated heterocycles.